The monoisotopic (exact) mass is 253 g/mol. The van der Waals surface area contributed by atoms with E-state index >= 15 is 0 Å². The van der Waals surface area contributed by atoms with Crippen LogP contribution in [0.25, 0.3) is 0 Å². The summed E-state index contributed by atoms with van der Waals surface area (Å²) in [5.74, 6) is 1.05. The van der Waals surface area contributed by atoms with Gasteiger partial charge in [0.1, 0.15) is 5.82 Å². The van der Waals surface area contributed by atoms with Gasteiger partial charge in [0.2, 0.25) is 5.28 Å². The van der Waals surface area contributed by atoms with Crippen LogP contribution >= 0.6 is 11.6 Å². The summed E-state index contributed by atoms with van der Waals surface area (Å²) in [5, 5.41) is 0.235. The fourth-order valence-electron chi connectivity index (χ4n) is 2.36. The average molecular weight is 254 g/mol. The van der Waals surface area contributed by atoms with Crippen LogP contribution in [0.1, 0.15) is 32.8 Å². The van der Waals surface area contributed by atoms with Crippen molar-refractivity contribution in [2.24, 2.45) is 0 Å². The highest BCUT2D eigenvalue weighted by Crippen LogP contribution is 2.30. The van der Waals surface area contributed by atoms with E-state index in [0.717, 1.165) is 17.8 Å². The van der Waals surface area contributed by atoms with E-state index in [4.69, 9.17) is 11.6 Å². The maximum Gasteiger partial charge on any atom is 0.224 e. The predicted molar refractivity (Wildman–Crippen MR) is 67.4 cm³/mol. The highest BCUT2D eigenvalue weighted by molar-refractivity contribution is 6.28. The number of hydrogen-bond acceptors (Lipinski definition) is 4. The molecule has 1 atom stereocenters. The van der Waals surface area contributed by atoms with Crippen LogP contribution < -0.4 is 4.90 Å². The van der Waals surface area contributed by atoms with Crippen molar-refractivity contribution < 1.29 is 4.79 Å². The van der Waals surface area contributed by atoms with Crippen molar-refractivity contribution >= 4 is 23.2 Å². The van der Waals surface area contributed by atoms with E-state index in [2.05, 4.69) is 28.7 Å². The third kappa shape index (κ3) is 2.14. The Hall–Kier alpha value is -1.16. The third-order valence-corrected chi connectivity index (χ3v) is 3.25. The average Bonchev–Trinajstić information content (AvgIpc) is 2.27. The molecule has 0 saturated carbocycles. The fraction of sp³-hybridized carbons (Fsp3) is 0.583. The predicted octanol–water partition coefficient (Wildman–Crippen LogP) is 2.25. The Bertz CT molecular complexity index is 447. The molecule has 0 fully saturated rings. The SMILES string of the molecule is CC[C@@H]1C(=O)Cc2cnc(Cl)nc2N1C(C)C. The van der Waals surface area contributed by atoms with Crippen molar-refractivity contribution in [2.45, 2.75) is 45.7 Å². The van der Waals surface area contributed by atoms with Gasteiger partial charge in [-0.1, -0.05) is 6.92 Å². The first kappa shape index (κ1) is 12.3. The van der Waals surface area contributed by atoms with Crippen LogP contribution in [0, 0.1) is 0 Å². The first-order valence-corrected chi connectivity index (χ1v) is 6.24. The number of aromatic nitrogens is 2. The van der Waals surface area contributed by atoms with Gasteiger partial charge in [0, 0.05) is 24.2 Å². The van der Waals surface area contributed by atoms with Crippen molar-refractivity contribution in [1.29, 1.82) is 0 Å². The van der Waals surface area contributed by atoms with Crippen LogP contribution in [0.4, 0.5) is 5.82 Å². The van der Waals surface area contributed by atoms with Crippen LogP contribution in [0.15, 0.2) is 6.20 Å². The van der Waals surface area contributed by atoms with Gasteiger partial charge in [-0.3, -0.25) is 4.79 Å². The Morgan fingerprint density at radius 2 is 2.29 bits per heavy atom. The van der Waals surface area contributed by atoms with E-state index in [-0.39, 0.29) is 23.2 Å². The second-order valence-electron chi connectivity index (χ2n) is 4.56. The second-order valence-corrected chi connectivity index (χ2v) is 4.89. The summed E-state index contributed by atoms with van der Waals surface area (Å²) < 4.78 is 0. The maximum absolute atomic E-state index is 12.1. The van der Waals surface area contributed by atoms with Crippen molar-refractivity contribution in [2.75, 3.05) is 4.90 Å². The fourth-order valence-corrected chi connectivity index (χ4v) is 2.49. The molecule has 0 amide bonds. The summed E-state index contributed by atoms with van der Waals surface area (Å²) >= 11 is 5.84. The minimum Gasteiger partial charge on any atom is -0.344 e. The van der Waals surface area contributed by atoms with Gasteiger partial charge in [-0.2, -0.15) is 0 Å². The lowest BCUT2D eigenvalue weighted by atomic mass is 9.95. The molecular weight excluding hydrogens is 238 g/mol. The number of rotatable bonds is 2. The molecule has 2 rings (SSSR count). The summed E-state index contributed by atoms with van der Waals surface area (Å²) in [6, 6.07) is 0.127. The van der Waals surface area contributed by atoms with Gasteiger partial charge in [0.25, 0.3) is 0 Å². The Labute approximate surface area is 106 Å². The molecule has 0 aliphatic carbocycles. The van der Waals surface area contributed by atoms with Crippen LogP contribution in [-0.4, -0.2) is 27.8 Å². The van der Waals surface area contributed by atoms with Crippen molar-refractivity contribution in [3.63, 3.8) is 0 Å². The highest BCUT2D eigenvalue weighted by atomic mass is 35.5. The van der Waals surface area contributed by atoms with Gasteiger partial charge < -0.3 is 4.90 Å². The molecule has 1 aromatic heterocycles. The van der Waals surface area contributed by atoms with Gasteiger partial charge in [0.15, 0.2) is 5.78 Å². The van der Waals surface area contributed by atoms with Crippen molar-refractivity contribution in [3.05, 3.63) is 17.0 Å². The summed E-state index contributed by atoms with van der Waals surface area (Å²) in [6.45, 7) is 6.13. The molecule has 2 heterocycles. The number of nitrogens with zero attached hydrogens (tertiary/aromatic N) is 3. The van der Waals surface area contributed by atoms with Crippen molar-refractivity contribution in [1.82, 2.24) is 9.97 Å². The second kappa shape index (κ2) is 4.61. The molecule has 1 aliphatic rings. The number of halogens is 1. The Morgan fingerprint density at radius 3 is 2.88 bits per heavy atom. The van der Waals surface area contributed by atoms with Crippen LogP contribution in [-0.2, 0) is 11.2 Å². The molecule has 0 spiro atoms. The molecule has 92 valence electrons. The van der Waals surface area contributed by atoms with Gasteiger partial charge in [-0.05, 0) is 31.9 Å². The number of fused-ring (bicyclic) bond motifs is 1. The highest BCUT2D eigenvalue weighted by Gasteiger charge is 2.34. The molecular formula is C12H16ClN3O. The first-order valence-electron chi connectivity index (χ1n) is 5.87. The zero-order chi connectivity index (χ0) is 12.6. The number of ketones is 1. The van der Waals surface area contributed by atoms with Crippen LogP contribution in [0.3, 0.4) is 0 Å². The summed E-state index contributed by atoms with van der Waals surface area (Å²) in [4.78, 5) is 22.3. The molecule has 1 aromatic rings. The minimum absolute atomic E-state index is 0.0894. The molecule has 4 nitrogen and oxygen atoms in total. The molecule has 0 saturated heterocycles. The van der Waals surface area contributed by atoms with E-state index in [9.17, 15) is 4.79 Å². The lowest BCUT2D eigenvalue weighted by Gasteiger charge is -2.39. The third-order valence-electron chi connectivity index (χ3n) is 3.07. The van der Waals surface area contributed by atoms with E-state index in [1.807, 2.05) is 6.92 Å². The number of hydrogen-bond donors (Lipinski definition) is 0. The normalized spacial score (nSPS) is 19.7. The van der Waals surface area contributed by atoms with Gasteiger partial charge in [0.05, 0.1) is 6.04 Å². The zero-order valence-corrected chi connectivity index (χ0v) is 11.0. The first-order chi connectivity index (χ1) is 8.04. The number of Topliss-reactive ketones (excluding diaryl/α,β-unsaturated/α-hetero) is 1. The molecule has 0 unspecified atom stereocenters. The van der Waals surface area contributed by atoms with E-state index in [1.54, 1.807) is 6.20 Å². The van der Waals surface area contributed by atoms with Gasteiger partial charge in [-0.25, -0.2) is 9.97 Å². The topological polar surface area (TPSA) is 46.1 Å². The van der Waals surface area contributed by atoms with E-state index in [1.165, 1.54) is 0 Å². The van der Waals surface area contributed by atoms with Gasteiger partial charge in [-0.15, -0.1) is 0 Å². The number of anilines is 1. The van der Waals surface area contributed by atoms with Crippen LogP contribution in [0.2, 0.25) is 5.28 Å². The number of carbonyl (C=O) groups excluding carboxylic acids is 1. The minimum atomic E-state index is -0.0894. The standard InChI is InChI=1S/C12H16ClN3O/c1-4-9-10(17)5-8-6-14-12(13)15-11(8)16(9)7(2)3/h6-7,9H,4-5H2,1-3H3/t9-/m1/s1. The molecule has 17 heavy (non-hydrogen) atoms. The van der Waals surface area contributed by atoms with E-state index in [0.29, 0.717) is 6.42 Å². The zero-order valence-electron chi connectivity index (χ0n) is 10.3. The molecule has 1 aliphatic heterocycles. The summed E-state index contributed by atoms with van der Waals surface area (Å²) in [5.41, 5.74) is 0.873. The molecule has 0 radical (unpaired) electrons. The smallest absolute Gasteiger partial charge is 0.224 e. The summed E-state index contributed by atoms with van der Waals surface area (Å²) in [7, 11) is 0. The Balaban J connectivity index is 2.52. The van der Waals surface area contributed by atoms with Crippen molar-refractivity contribution in [3.8, 4) is 0 Å². The molecule has 0 aromatic carbocycles. The lowest BCUT2D eigenvalue weighted by molar-refractivity contribution is -0.120. The Kier molecular flexibility index (Phi) is 3.33. The largest absolute Gasteiger partial charge is 0.344 e. The molecule has 0 bridgehead atoms. The van der Waals surface area contributed by atoms with Crippen LogP contribution in [0.5, 0.6) is 0 Å². The Morgan fingerprint density at radius 1 is 1.59 bits per heavy atom. The quantitative estimate of drug-likeness (QED) is 0.759. The maximum atomic E-state index is 12.1. The molecule has 5 heteroatoms. The lowest BCUT2D eigenvalue weighted by Crippen LogP contribution is -2.49. The summed E-state index contributed by atoms with van der Waals surface area (Å²) in [6.07, 6.45) is 2.86. The molecule has 0 N–H and O–H groups in total. The number of carbonyl (C=O) groups is 1. The van der Waals surface area contributed by atoms with Gasteiger partial charge >= 0.3 is 0 Å². The van der Waals surface area contributed by atoms with E-state index < -0.39 is 0 Å².